The molecule has 0 spiro atoms. The van der Waals surface area contributed by atoms with Crippen molar-refractivity contribution in [2.45, 2.75) is 38.1 Å². The molecule has 3 aromatic carbocycles. The Bertz CT molecular complexity index is 1900. The number of aromatic amines is 1. The standard InChI is InChI=1S/C29H25FN2O4S/c1-4-7-13-32-25-16-22(19-9-8-10-20(15-19)37(30,34)35)26(36-6-3)17-23(25)28(33)27-21-12-11-18(5-2)14-24(21)31-29(27)32/h2,8-12,14-17,31H,4,6-7,13H2,1,3H3. The van der Waals surface area contributed by atoms with Gasteiger partial charge in [0.1, 0.15) is 11.4 Å². The summed E-state index contributed by atoms with van der Waals surface area (Å²) >= 11 is 0. The van der Waals surface area contributed by atoms with Crippen LogP contribution in [0.25, 0.3) is 44.0 Å². The molecule has 2 heterocycles. The van der Waals surface area contributed by atoms with Crippen LogP contribution in [0.4, 0.5) is 3.89 Å². The van der Waals surface area contributed by atoms with Crippen molar-refractivity contribution in [2.75, 3.05) is 6.61 Å². The topological polar surface area (TPSA) is 81.2 Å². The molecule has 0 aliphatic carbocycles. The zero-order chi connectivity index (χ0) is 26.3. The van der Waals surface area contributed by atoms with Gasteiger partial charge in [-0.25, -0.2) is 0 Å². The van der Waals surface area contributed by atoms with Gasteiger partial charge in [0.2, 0.25) is 0 Å². The van der Waals surface area contributed by atoms with Gasteiger partial charge in [-0.2, -0.15) is 8.42 Å². The molecule has 2 aromatic heterocycles. The van der Waals surface area contributed by atoms with Gasteiger partial charge < -0.3 is 14.3 Å². The van der Waals surface area contributed by atoms with E-state index < -0.39 is 15.1 Å². The highest BCUT2D eigenvalue weighted by atomic mass is 32.3. The number of aromatic nitrogens is 2. The molecule has 0 aliphatic heterocycles. The maximum atomic E-state index is 13.9. The number of benzene rings is 3. The first-order valence-electron chi connectivity index (χ1n) is 12.1. The fourth-order valence-electron chi connectivity index (χ4n) is 4.80. The first-order chi connectivity index (χ1) is 17.8. The molecule has 0 atom stereocenters. The van der Waals surface area contributed by atoms with E-state index in [9.17, 15) is 17.1 Å². The number of terminal acetylenes is 1. The summed E-state index contributed by atoms with van der Waals surface area (Å²) in [7, 11) is -4.89. The molecule has 0 bridgehead atoms. The lowest BCUT2D eigenvalue weighted by Crippen LogP contribution is -2.12. The highest BCUT2D eigenvalue weighted by Crippen LogP contribution is 2.37. The third kappa shape index (κ3) is 4.25. The van der Waals surface area contributed by atoms with Crippen LogP contribution in [0.15, 0.2) is 64.3 Å². The van der Waals surface area contributed by atoms with Crippen LogP contribution in [0.5, 0.6) is 5.75 Å². The summed E-state index contributed by atoms with van der Waals surface area (Å²) in [6, 6.07) is 14.7. The monoisotopic (exact) mass is 516 g/mol. The van der Waals surface area contributed by atoms with E-state index >= 15 is 0 Å². The number of nitrogens with zero attached hydrogens (tertiary/aromatic N) is 1. The molecule has 5 rings (SSSR count). The van der Waals surface area contributed by atoms with E-state index in [1.54, 1.807) is 12.1 Å². The Labute approximate surface area is 213 Å². The second-order valence-corrected chi connectivity index (χ2v) is 10.2. The molecule has 1 N–H and O–H groups in total. The second-order valence-electron chi connectivity index (χ2n) is 8.85. The summed E-state index contributed by atoms with van der Waals surface area (Å²) in [5.41, 5.74) is 3.72. The van der Waals surface area contributed by atoms with E-state index in [-0.39, 0.29) is 5.43 Å². The van der Waals surface area contributed by atoms with Gasteiger partial charge in [0.15, 0.2) is 5.43 Å². The quantitative estimate of drug-likeness (QED) is 0.208. The molecule has 0 saturated heterocycles. The number of hydrogen-bond acceptors (Lipinski definition) is 4. The van der Waals surface area contributed by atoms with Crippen LogP contribution in [0.2, 0.25) is 0 Å². The minimum absolute atomic E-state index is 0.148. The van der Waals surface area contributed by atoms with E-state index in [1.165, 1.54) is 18.2 Å². The first-order valence-corrected chi connectivity index (χ1v) is 13.5. The largest absolute Gasteiger partial charge is 0.493 e. The zero-order valence-corrected chi connectivity index (χ0v) is 21.3. The number of aryl methyl sites for hydroxylation is 1. The van der Waals surface area contributed by atoms with Crippen LogP contribution in [0.1, 0.15) is 32.3 Å². The molecule has 0 fully saturated rings. The fraction of sp³-hybridized carbons (Fsp3) is 0.207. The van der Waals surface area contributed by atoms with E-state index in [0.29, 0.717) is 57.5 Å². The molecule has 0 saturated carbocycles. The molecule has 0 unspecified atom stereocenters. The molecule has 37 heavy (non-hydrogen) atoms. The van der Waals surface area contributed by atoms with Crippen molar-refractivity contribution in [2.24, 2.45) is 0 Å². The zero-order valence-electron chi connectivity index (χ0n) is 20.5. The van der Waals surface area contributed by atoms with E-state index in [2.05, 4.69) is 22.4 Å². The normalized spacial score (nSPS) is 11.8. The number of H-pyrrole nitrogens is 1. The Hall–Kier alpha value is -4.09. The Kier molecular flexibility index (Phi) is 6.26. The number of unbranched alkanes of at least 4 members (excludes halogenated alkanes) is 1. The van der Waals surface area contributed by atoms with Crippen LogP contribution < -0.4 is 10.2 Å². The average molecular weight is 517 g/mol. The Morgan fingerprint density at radius 1 is 1.08 bits per heavy atom. The van der Waals surface area contributed by atoms with Gasteiger partial charge in [-0.1, -0.05) is 37.5 Å². The molecule has 6 nitrogen and oxygen atoms in total. The van der Waals surface area contributed by atoms with Crippen molar-refractivity contribution in [3.05, 3.63) is 70.4 Å². The Balaban J connectivity index is 1.90. The van der Waals surface area contributed by atoms with Crippen molar-refractivity contribution < 1.29 is 17.0 Å². The van der Waals surface area contributed by atoms with E-state index in [0.717, 1.165) is 23.7 Å². The highest BCUT2D eigenvalue weighted by molar-refractivity contribution is 7.86. The van der Waals surface area contributed by atoms with Crippen molar-refractivity contribution in [3.63, 3.8) is 0 Å². The minimum atomic E-state index is -4.89. The third-order valence-electron chi connectivity index (χ3n) is 6.54. The lowest BCUT2D eigenvalue weighted by atomic mass is 10.0. The van der Waals surface area contributed by atoms with Gasteiger partial charge in [0.25, 0.3) is 0 Å². The van der Waals surface area contributed by atoms with Crippen LogP contribution in [-0.2, 0) is 16.8 Å². The predicted molar refractivity (Wildman–Crippen MR) is 145 cm³/mol. The van der Waals surface area contributed by atoms with Gasteiger partial charge in [0, 0.05) is 28.6 Å². The molecular weight excluding hydrogens is 491 g/mol. The average Bonchev–Trinajstić information content (AvgIpc) is 3.27. The third-order valence-corrected chi connectivity index (χ3v) is 7.35. The maximum absolute atomic E-state index is 13.9. The number of ether oxygens (including phenoxy) is 1. The first kappa shape index (κ1) is 24.6. The predicted octanol–water partition coefficient (Wildman–Crippen LogP) is 6.14. The van der Waals surface area contributed by atoms with Crippen LogP contribution in [0.3, 0.4) is 0 Å². The molecule has 0 aliphatic rings. The molecule has 0 amide bonds. The van der Waals surface area contributed by atoms with Gasteiger partial charge in [0.05, 0.1) is 27.8 Å². The van der Waals surface area contributed by atoms with Gasteiger partial charge in [-0.3, -0.25) is 4.79 Å². The van der Waals surface area contributed by atoms with Crippen molar-refractivity contribution >= 4 is 43.1 Å². The Morgan fingerprint density at radius 3 is 2.59 bits per heavy atom. The number of nitrogens with one attached hydrogen (secondary N) is 1. The van der Waals surface area contributed by atoms with E-state index in [4.69, 9.17) is 11.2 Å². The number of pyridine rings is 1. The summed E-state index contributed by atoms with van der Waals surface area (Å²) < 4.78 is 44.9. The maximum Gasteiger partial charge on any atom is 0.332 e. The Morgan fingerprint density at radius 2 is 1.89 bits per heavy atom. The summed E-state index contributed by atoms with van der Waals surface area (Å²) in [6.07, 6.45) is 7.40. The summed E-state index contributed by atoms with van der Waals surface area (Å²) in [5, 5.41) is 1.84. The fourth-order valence-corrected chi connectivity index (χ4v) is 5.31. The van der Waals surface area contributed by atoms with Crippen LogP contribution >= 0.6 is 0 Å². The summed E-state index contributed by atoms with van der Waals surface area (Å²) in [4.78, 5) is 16.8. The van der Waals surface area contributed by atoms with E-state index in [1.807, 2.05) is 31.2 Å². The molecular formula is C29H25FN2O4S. The van der Waals surface area contributed by atoms with Crippen molar-refractivity contribution in [1.29, 1.82) is 0 Å². The van der Waals surface area contributed by atoms with Gasteiger partial charge in [-0.15, -0.1) is 10.3 Å². The van der Waals surface area contributed by atoms with Crippen molar-refractivity contribution in [3.8, 4) is 29.2 Å². The highest BCUT2D eigenvalue weighted by Gasteiger charge is 2.20. The van der Waals surface area contributed by atoms with Gasteiger partial charge >= 0.3 is 10.2 Å². The molecule has 8 heteroatoms. The molecule has 188 valence electrons. The second kappa shape index (κ2) is 9.41. The summed E-state index contributed by atoms with van der Waals surface area (Å²) in [5.74, 6) is 3.04. The lowest BCUT2D eigenvalue weighted by Gasteiger charge is -2.17. The SMILES string of the molecule is C#Cc1ccc2c(c1)[nH]c1c2c(=O)c2cc(OCC)c(-c3cccc(S(=O)(=O)F)c3)cc2n1CCCC. The lowest BCUT2D eigenvalue weighted by molar-refractivity contribution is 0.342. The van der Waals surface area contributed by atoms with Crippen LogP contribution in [-0.4, -0.2) is 24.6 Å². The van der Waals surface area contributed by atoms with Gasteiger partial charge in [-0.05, 0) is 55.3 Å². The number of rotatable bonds is 7. The number of fused-ring (bicyclic) bond motifs is 4. The molecule has 5 aromatic rings. The van der Waals surface area contributed by atoms with Crippen molar-refractivity contribution in [1.82, 2.24) is 9.55 Å². The minimum Gasteiger partial charge on any atom is -0.493 e. The van der Waals surface area contributed by atoms with Crippen LogP contribution in [0, 0.1) is 12.3 Å². The molecule has 0 radical (unpaired) electrons. The number of hydrogen-bond donors (Lipinski definition) is 1. The smallest absolute Gasteiger partial charge is 0.332 e. The number of halogens is 1. The summed E-state index contributed by atoms with van der Waals surface area (Å²) in [6.45, 7) is 4.88.